The zero-order chi connectivity index (χ0) is 9.73. The summed E-state index contributed by atoms with van der Waals surface area (Å²) >= 11 is 0. The minimum Gasteiger partial charge on any atom is -0.310 e. The van der Waals surface area contributed by atoms with E-state index in [2.05, 4.69) is 25.7 Å². The van der Waals surface area contributed by atoms with Gasteiger partial charge < -0.3 is 5.32 Å². The smallest absolute Gasteiger partial charge is 0.0219 e. The fourth-order valence-corrected chi connectivity index (χ4v) is 2.24. The second-order valence-electron chi connectivity index (χ2n) is 4.47. The molecule has 1 aliphatic carbocycles. The van der Waals surface area contributed by atoms with Crippen molar-refractivity contribution in [1.29, 1.82) is 0 Å². The summed E-state index contributed by atoms with van der Waals surface area (Å²) in [6.45, 7) is 9.47. The molecule has 0 aromatic heterocycles. The summed E-state index contributed by atoms with van der Waals surface area (Å²) in [5.41, 5.74) is 0.608. The maximum absolute atomic E-state index is 3.79. The van der Waals surface area contributed by atoms with Crippen molar-refractivity contribution in [2.24, 2.45) is 5.41 Å². The van der Waals surface area contributed by atoms with E-state index >= 15 is 0 Å². The van der Waals surface area contributed by atoms with Gasteiger partial charge in [0, 0.05) is 12.6 Å². The van der Waals surface area contributed by atoms with E-state index in [1.807, 2.05) is 6.08 Å². The summed E-state index contributed by atoms with van der Waals surface area (Å²) in [5.74, 6) is 0. The largest absolute Gasteiger partial charge is 0.310 e. The molecule has 0 saturated heterocycles. The van der Waals surface area contributed by atoms with Gasteiger partial charge in [0.25, 0.3) is 0 Å². The molecule has 1 fully saturated rings. The lowest BCUT2D eigenvalue weighted by Crippen LogP contribution is -2.35. The number of nitrogens with one attached hydrogen (secondary N) is 1. The topological polar surface area (TPSA) is 12.0 Å². The summed E-state index contributed by atoms with van der Waals surface area (Å²) in [6, 6.07) is 0.462. The Balaban J connectivity index is 2.35. The Kier molecular flexibility index (Phi) is 3.98. The van der Waals surface area contributed by atoms with Gasteiger partial charge in [-0.05, 0) is 31.6 Å². The van der Waals surface area contributed by atoms with Crippen molar-refractivity contribution in [3.63, 3.8) is 0 Å². The molecule has 1 heteroatoms. The lowest BCUT2D eigenvalue weighted by atomic mass is 9.83. The summed E-state index contributed by atoms with van der Waals surface area (Å²) in [5, 5.41) is 3.55. The number of rotatable bonds is 5. The minimum absolute atomic E-state index is 0.462. The van der Waals surface area contributed by atoms with E-state index in [9.17, 15) is 0 Å². The normalized spacial score (nSPS) is 22.9. The molecule has 76 valence electrons. The summed E-state index contributed by atoms with van der Waals surface area (Å²) < 4.78 is 0. The summed E-state index contributed by atoms with van der Waals surface area (Å²) in [4.78, 5) is 0. The van der Waals surface area contributed by atoms with Crippen LogP contribution in [0.3, 0.4) is 0 Å². The van der Waals surface area contributed by atoms with Gasteiger partial charge in [0.1, 0.15) is 0 Å². The Morgan fingerprint density at radius 3 is 2.54 bits per heavy atom. The van der Waals surface area contributed by atoms with Crippen molar-refractivity contribution in [2.75, 3.05) is 6.54 Å². The molecule has 0 aromatic rings. The van der Waals surface area contributed by atoms with Gasteiger partial charge >= 0.3 is 0 Å². The van der Waals surface area contributed by atoms with Gasteiger partial charge in [0.2, 0.25) is 0 Å². The molecule has 1 N–H and O–H groups in total. The predicted molar refractivity (Wildman–Crippen MR) is 58.9 cm³/mol. The van der Waals surface area contributed by atoms with Gasteiger partial charge in [-0.15, -0.1) is 6.58 Å². The van der Waals surface area contributed by atoms with Crippen LogP contribution in [0.15, 0.2) is 12.7 Å². The molecule has 0 spiro atoms. The molecule has 1 atom stereocenters. The van der Waals surface area contributed by atoms with E-state index in [-0.39, 0.29) is 0 Å². The van der Waals surface area contributed by atoms with Crippen LogP contribution in [0.25, 0.3) is 0 Å². The monoisotopic (exact) mass is 181 g/mol. The predicted octanol–water partition coefficient (Wildman–Crippen LogP) is 3.12. The van der Waals surface area contributed by atoms with Crippen LogP contribution >= 0.6 is 0 Å². The Morgan fingerprint density at radius 1 is 1.46 bits per heavy atom. The van der Waals surface area contributed by atoms with Crippen molar-refractivity contribution in [1.82, 2.24) is 5.32 Å². The van der Waals surface area contributed by atoms with Crippen LogP contribution in [0.4, 0.5) is 0 Å². The average Bonchev–Trinajstić information content (AvgIpc) is 2.63. The van der Waals surface area contributed by atoms with Crippen molar-refractivity contribution in [2.45, 2.75) is 52.0 Å². The number of hydrogen-bond acceptors (Lipinski definition) is 1. The van der Waals surface area contributed by atoms with Crippen LogP contribution < -0.4 is 5.32 Å². The minimum atomic E-state index is 0.462. The number of hydrogen-bond donors (Lipinski definition) is 1. The molecule has 0 aromatic carbocycles. The molecule has 1 unspecified atom stereocenters. The van der Waals surface area contributed by atoms with Gasteiger partial charge in [-0.25, -0.2) is 0 Å². The Morgan fingerprint density at radius 2 is 2.08 bits per heavy atom. The van der Waals surface area contributed by atoms with Gasteiger partial charge in [-0.1, -0.05) is 25.8 Å². The first-order chi connectivity index (χ1) is 6.22. The molecule has 1 rings (SSSR count). The molecule has 0 amide bonds. The molecular formula is C12H23N. The quantitative estimate of drug-likeness (QED) is 0.643. The van der Waals surface area contributed by atoms with Gasteiger partial charge in [0.05, 0.1) is 0 Å². The maximum Gasteiger partial charge on any atom is 0.0219 e. The van der Waals surface area contributed by atoms with Gasteiger partial charge in [-0.2, -0.15) is 0 Å². The van der Waals surface area contributed by atoms with Crippen LogP contribution in [0.5, 0.6) is 0 Å². The zero-order valence-corrected chi connectivity index (χ0v) is 9.10. The molecule has 0 bridgehead atoms. The molecule has 0 aliphatic heterocycles. The third-order valence-electron chi connectivity index (χ3n) is 3.57. The van der Waals surface area contributed by atoms with Gasteiger partial charge in [-0.3, -0.25) is 0 Å². The standard InChI is InChI=1S/C12H23N/c1-4-11(3)13-10-12(5-2)8-6-7-9-12/h4,11,13H,1,5-10H2,2-3H3. The van der Waals surface area contributed by atoms with E-state index in [0.717, 1.165) is 0 Å². The fourth-order valence-electron chi connectivity index (χ4n) is 2.24. The van der Waals surface area contributed by atoms with E-state index in [4.69, 9.17) is 0 Å². The third kappa shape index (κ3) is 2.84. The molecule has 0 radical (unpaired) electrons. The van der Waals surface area contributed by atoms with E-state index in [0.29, 0.717) is 11.5 Å². The fraction of sp³-hybridized carbons (Fsp3) is 0.833. The average molecular weight is 181 g/mol. The molecule has 13 heavy (non-hydrogen) atoms. The maximum atomic E-state index is 3.79. The van der Waals surface area contributed by atoms with E-state index < -0.39 is 0 Å². The Labute approximate surface area is 82.6 Å². The van der Waals surface area contributed by atoms with Crippen molar-refractivity contribution in [3.8, 4) is 0 Å². The highest BCUT2D eigenvalue weighted by atomic mass is 14.9. The first-order valence-corrected chi connectivity index (χ1v) is 5.58. The lowest BCUT2D eigenvalue weighted by molar-refractivity contribution is 0.264. The SMILES string of the molecule is C=CC(C)NCC1(CC)CCCC1. The molecule has 0 heterocycles. The lowest BCUT2D eigenvalue weighted by Gasteiger charge is -2.29. The highest BCUT2D eigenvalue weighted by Crippen LogP contribution is 2.40. The van der Waals surface area contributed by atoms with Crippen LogP contribution in [0, 0.1) is 5.41 Å². The van der Waals surface area contributed by atoms with Crippen LogP contribution in [-0.2, 0) is 0 Å². The van der Waals surface area contributed by atoms with Crippen LogP contribution in [0.1, 0.15) is 46.0 Å². The zero-order valence-electron chi connectivity index (χ0n) is 9.10. The second-order valence-corrected chi connectivity index (χ2v) is 4.47. The Hall–Kier alpha value is -0.300. The van der Waals surface area contributed by atoms with Crippen molar-refractivity contribution >= 4 is 0 Å². The van der Waals surface area contributed by atoms with E-state index in [1.54, 1.807) is 0 Å². The first-order valence-electron chi connectivity index (χ1n) is 5.58. The van der Waals surface area contributed by atoms with E-state index in [1.165, 1.54) is 38.6 Å². The summed E-state index contributed by atoms with van der Waals surface area (Å²) in [7, 11) is 0. The van der Waals surface area contributed by atoms with Crippen LogP contribution in [-0.4, -0.2) is 12.6 Å². The van der Waals surface area contributed by atoms with Crippen LogP contribution in [0.2, 0.25) is 0 Å². The van der Waals surface area contributed by atoms with Crippen molar-refractivity contribution in [3.05, 3.63) is 12.7 Å². The highest BCUT2D eigenvalue weighted by molar-refractivity contribution is 4.89. The van der Waals surface area contributed by atoms with Gasteiger partial charge in [0.15, 0.2) is 0 Å². The second kappa shape index (κ2) is 4.80. The molecule has 1 nitrogen and oxygen atoms in total. The third-order valence-corrected chi connectivity index (χ3v) is 3.57. The first kappa shape index (κ1) is 10.8. The molecule has 1 aliphatic rings. The summed E-state index contributed by atoms with van der Waals surface area (Å²) in [6.07, 6.45) is 9.00. The molecule has 1 saturated carbocycles. The van der Waals surface area contributed by atoms with Crippen molar-refractivity contribution < 1.29 is 0 Å². The molecular weight excluding hydrogens is 158 g/mol. The Bertz CT molecular complexity index is 157. The highest BCUT2D eigenvalue weighted by Gasteiger charge is 2.31.